The molecule has 3 aliphatic heterocycles. The average molecular weight is 377 g/mol. The lowest BCUT2D eigenvalue weighted by atomic mass is 9.71. The lowest BCUT2D eigenvalue weighted by molar-refractivity contribution is 0.0336. The molecule has 1 atom stereocenters. The van der Waals surface area contributed by atoms with Crippen molar-refractivity contribution in [3.8, 4) is 0 Å². The van der Waals surface area contributed by atoms with Crippen LogP contribution in [0.25, 0.3) is 0 Å². The molecule has 0 N–H and O–H groups in total. The number of rotatable bonds is 6. The maximum atomic E-state index is 5.65. The Kier molecular flexibility index (Phi) is 6.17. The Labute approximate surface area is 163 Å². The van der Waals surface area contributed by atoms with Gasteiger partial charge in [0.05, 0.1) is 12.8 Å². The Morgan fingerprint density at radius 1 is 1.22 bits per heavy atom. The number of aromatic nitrogens is 2. The summed E-state index contributed by atoms with van der Waals surface area (Å²) in [7, 11) is 3.86. The van der Waals surface area contributed by atoms with E-state index in [1.54, 1.807) is 0 Å². The molecule has 3 fully saturated rings. The second-order valence-electron chi connectivity index (χ2n) is 9.06. The van der Waals surface area contributed by atoms with E-state index in [-0.39, 0.29) is 0 Å². The first-order valence-corrected chi connectivity index (χ1v) is 10.7. The van der Waals surface area contributed by atoms with Gasteiger partial charge < -0.3 is 14.4 Å². The number of hydrogen-bond donors (Lipinski definition) is 0. The predicted molar refractivity (Wildman–Crippen MR) is 106 cm³/mol. The first kappa shape index (κ1) is 19.4. The molecule has 3 saturated heterocycles. The van der Waals surface area contributed by atoms with Crippen LogP contribution in [0.15, 0.2) is 12.4 Å². The quantitative estimate of drug-likeness (QED) is 0.760. The molecule has 4 rings (SSSR count). The lowest BCUT2D eigenvalue weighted by Crippen LogP contribution is -2.45. The zero-order valence-electron chi connectivity index (χ0n) is 17.1. The molecule has 0 saturated carbocycles. The van der Waals surface area contributed by atoms with Gasteiger partial charge in [0.1, 0.15) is 0 Å². The van der Waals surface area contributed by atoms with E-state index in [4.69, 9.17) is 9.47 Å². The molecule has 1 spiro atoms. The van der Waals surface area contributed by atoms with Gasteiger partial charge in [-0.25, -0.2) is 0 Å². The minimum absolute atomic E-state index is 0.451. The van der Waals surface area contributed by atoms with Crippen molar-refractivity contribution in [2.24, 2.45) is 24.3 Å². The fourth-order valence-electron chi connectivity index (χ4n) is 5.54. The van der Waals surface area contributed by atoms with Crippen molar-refractivity contribution in [1.29, 1.82) is 0 Å². The molecule has 152 valence electrons. The van der Waals surface area contributed by atoms with Crippen molar-refractivity contribution >= 4 is 0 Å². The number of ether oxygens (including phenoxy) is 2. The Hall–Kier alpha value is -0.950. The second-order valence-corrected chi connectivity index (χ2v) is 9.06. The summed E-state index contributed by atoms with van der Waals surface area (Å²) >= 11 is 0. The minimum atomic E-state index is 0.451. The summed E-state index contributed by atoms with van der Waals surface area (Å²) in [4.78, 5) is 5.35. The highest BCUT2D eigenvalue weighted by atomic mass is 16.5. The molecule has 6 heteroatoms. The van der Waals surface area contributed by atoms with Crippen LogP contribution in [0.2, 0.25) is 0 Å². The van der Waals surface area contributed by atoms with Gasteiger partial charge in [0, 0.05) is 71.2 Å². The van der Waals surface area contributed by atoms with Crippen LogP contribution in [-0.4, -0.2) is 79.2 Å². The Morgan fingerprint density at radius 3 is 2.67 bits per heavy atom. The van der Waals surface area contributed by atoms with Crippen LogP contribution in [-0.2, 0) is 23.1 Å². The van der Waals surface area contributed by atoms with Gasteiger partial charge in [0.2, 0.25) is 0 Å². The van der Waals surface area contributed by atoms with E-state index in [0.717, 1.165) is 32.3 Å². The molecule has 0 aromatic carbocycles. The fourth-order valence-corrected chi connectivity index (χ4v) is 5.54. The molecule has 0 aliphatic carbocycles. The molecule has 0 radical (unpaired) electrons. The number of likely N-dealkylation sites (tertiary alicyclic amines) is 2. The van der Waals surface area contributed by atoms with Gasteiger partial charge in [-0.1, -0.05) is 0 Å². The summed E-state index contributed by atoms with van der Waals surface area (Å²) in [6, 6.07) is 0. The Morgan fingerprint density at radius 2 is 2.00 bits per heavy atom. The monoisotopic (exact) mass is 376 g/mol. The van der Waals surface area contributed by atoms with Crippen LogP contribution in [0.5, 0.6) is 0 Å². The van der Waals surface area contributed by atoms with E-state index in [9.17, 15) is 0 Å². The molecule has 3 aliphatic rings. The molecule has 27 heavy (non-hydrogen) atoms. The largest absolute Gasteiger partial charge is 0.384 e. The van der Waals surface area contributed by atoms with Gasteiger partial charge in [-0.2, -0.15) is 5.10 Å². The van der Waals surface area contributed by atoms with E-state index >= 15 is 0 Å². The summed E-state index contributed by atoms with van der Waals surface area (Å²) in [5.41, 5.74) is 1.78. The van der Waals surface area contributed by atoms with Crippen molar-refractivity contribution in [2.75, 3.05) is 59.7 Å². The zero-order valence-corrected chi connectivity index (χ0v) is 17.1. The number of hydrogen-bond acceptors (Lipinski definition) is 5. The SMILES string of the molecule is COCC1CN(CC2CCOCC2)CC12CCN(Cc1cnn(C)c1)CC2. The van der Waals surface area contributed by atoms with Crippen LogP contribution < -0.4 is 0 Å². The average Bonchev–Trinajstić information content (AvgIpc) is 3.22. The normalized spacial score (nSPS) is 27.6. The summed E-state index contributed by atoms with van der Waals surface area (Å²) < 4.78 is 13.1. The van der Waals surface area contributed by atoms with Gasteiger partial charge in [-0.05, 0) is 50.1 Å². The highest BCUT2D eigenvalue weighted by Gasteiger charge is 2.48. The molecule has 1 aromatic heterocycles. The summed E-state index contributed by atoms with van der Waals surface area (Å²) in [5.74, 6) is 1.51. The van der Waals surface area contributed by atoms with Crippen LogP contribution >= 0.6 is 0 Å². The molecule has 6 nitrogen and oxygen atoms in total. The van der Waals surface area contributed by atoms with Crippen LogP contribution in [0.1, 0.15) is 31.2 Å². The van der Waals surface area contributed by atoms with Crippen molar-refractivity contribution in [1.82, 2.24) is 19.6 Å². The van der Waals surface area contributed by atoms with E-state index < -0.39 is 0 Å². The summed E-state index contributed by atoms with van der Waals surface area (Å²) in [6.07, 6.45) is 9.21. The summed E-state index contributed by atoms with van der Waals surface area (Å²) in [6.45, 7) is 9.97. The maximum Gasteiger partial charge on any atom is 0.0534 e. The van der Waals surface area contributed by atoms with E-state index in [0.29, 0.717) is 11.3 Å². The maximum absolute atomic E-state index is 5.65. The molecular weight excluding hydrogens is 340 g/mol. The minimum Gasteiger partial charge on any atom is -0.384 e. The van der Waals surface area contributed by atoms with Gasteiger partial charge >= 0.3 is 0 Å². The first-order chi connectivity index (χ1) is 13.2. The van der Waals surface area contributed by atoms with E-state index in [1.165, 1.54) is 64.0 Å². The molecule has 0 amide bonds. The van der Waals surface area contributed by atoms with Crippen LogP contribution in [0.4, 0.5) is 0 Å². The molecule has 1 aromatic rings. The Balaban J connectivity index is 1.34. The van der Waals surface area contributed by atoms with Crippen molar-refractivity contribution in [3.63, 3.8) is 0 Å². The van der Waals surface area contributed by atoms with Crippen molar-refractivity contribution in [3.05, 3.63) is 18.0 Å². The lowest BCUT2D eigenvalue weighted by Gasteiger charge is -2.42. The molecule has 4 heterocycles. The second kappa shape index (κ2) is 8.60. The number of methoxy groups -OCH3 is 1. The Bertz CT molecular complexity index is 591. The molecule has 1 unspecified atom stereocenters. The molecule has 0 bridgehead atoms. The zero-order chi connectivity index (χ0) is 18.7. The topological polar surface area (TPSA) is 42.8 Å². The number of nitrogens with zero attached hydrogens (tertiary/aromatic N) is 4. The molecular formula is C21H36N4O2. The standard InChI is InChI=1S/C21H36N4O2/c1-23-12-19(11-22-23)14-24-7-5-21(6-8-24)17-25(15-20(21)16-26-2)13-18-3-9-27-10-4-18/h11-12,18,20H,3-10,13-17H2,1-2H3. The number of piperidine rings is 1. The van der Waals surface area contributed by atoms with Gasteiger partial charge in [0.25, 0.3) is 0 Å². The van der Waals surface area contributed by atoms with Gasteiger partial charge in [-0.15, -0.1) is 0 Å². The first-order valence-electron chi connectivity index (χ1n) is 10.7. The fraction of sp³-hybridized carbons (Fsp3) is 0.857. The van der Waals surface area contributed by atoms with Crippen molar-refractivity contribution in [2.45, 2.75) is 32.2 Å². The summed E-state index contributed by atoms with van der Waals surface area (Å²) in [5, 5.41) is 4.31. The predicted octanol–water partition coefficient (Wildman–Crippen LogP) is 2.01. The number of aryl methyl sites for hydroxylation is 1. The van der Waals surface area contributed by atoms with E-state index in [2.05, 4.69) is 21.1 Å². The van der Waals surface area contributed by atoms with Crippen LogP contribution in [0.3, 0.4) is 0 Å². The van der Waals surface area contributed by atoms with Crippen LogP contribution in [0, 0.1) is 17.3 Å². The third-order valence-electron chi connectivity index (χ3n) is 7.12. The highest BCUT2D eigenvalue weighted by molar-refractivity contribution is 5.05. The van der Waals surface area contributed by atoms with E-state index in [1.807, 2.05) is 25.0 Å². The van der Waals surface area contributed by atoms with Crippen molar-refractivity contribution < 1.29 is 9.47 Å². The third kappa shape index (κ3) is 4.56. The van der Waals surface area contributed by atoms with Gasteiger partial charge in [0.15, 0.2) is 0 Å². The third-order valence-corrected chi connectivity index (χ3v) is 7.12. The highest BCUT2D eigenvalue weighted by Crippen LogP contribution is 2.45. The van der Waals surface area contributed by atoms with Gasteiger partial charge in [-0.3, -0.25) is 9.58 Å². The smallest absolute Gasteiger partial charge is 0.0534 e.